The molecule has 0 saturated heterocycles. The zero-order chi connectivity index (χ0) is 12.4. The Balaban J connectivity index is 1.75. The maximum absolute atomic E-state index is 12.2. The first-order chi connectivity index (χ1) is 8.84. The summed E-state index contributed by atoms with van der Waals surface area (Å²) >= 11 is 0. The summed E-state index contributed by atoms with van der Waals surface area (Å²) in [4.78, 5) is 14.0. The van der Waals surface area contributed by atoms with E-state index in [1.54, 1.807) is 0 Å². The summed E-state index contributed by atoms with van der Waals surface area (Å²) < 4.78 is 10.5. The number of amides is 1. The van der Waals surface area contributed by atoms with E-state index in [0.29, 0.717) is 25.5 Å². The van der Waals surface area contributed by atoms with Crippen LogP contribution in [0.3, 0.4) is 0 Å². The van der Waals surface area contributed by atoms with Gasteiger partial charge in [-0.3, -0.25) is 4.79 Å². The SMILES string of the molecule is O=C(C1=COCCO1)N1CCc2ccccc2C1. The van der Waals surface area contributed by atoms with Crippen molar-refractivity contribution in [2.24, 2.45) is 0 Å². The Morgan fingerprint density at radius 3 is 2.78 bits per heavy atom. The normalized spacial score (nSPS) is 18.2. The molecular formula is C14H15NO3. The van der Waals surface area contributed by atoms with Crippen LogP contribution in [0, 0.1) is 0 Å². The Bertz CT molecular complexity index is 496. The number of fused-ring (bicyclic) bond motifs is 1. The monoisotopic (exact) mass is 245 g/mol. The summed E-state index contributed by atoms with van der Waals surface area (Å²) in [5.41, 5.74) is 2.55. The number of nitrogens with zero attached hydrogens (tertiary/aromatic N) is 1. The smallest absolute Gasteiger partial charge is 0.292 e. The molecule has 0 saturated carbocycles. The first-order valence-corrected chi connectivity index (χ1v) is 6.15. The van der Waals surface area contributed by atoms with E-state index in [-0.39, 0.29) is 5.91 Å². The molecule has 0 atom stereocenters. The van der Waals surface area contributed by atoms with Crippen LogP contribution in [0.4, 0.5) is 0 Å². The van der Waals surface area contributed by atoms with Gasteiger partial charge in [0.05, 0.1) is 0 Å². The molecular weight excluding hydrogens is 230 g/mol. The zero-order valence-corrected chi connectivity index (χ0v) is 10.1. The third kappa shape index (κ3) is 2.06. The highest BCUT2D eigenvalue weighted by Gasteiger charge is 2.25. The molecule has 0 spiro atoms. The largest absolute Gasteiger partial charge is 0.494 e. The van der Waals surface area contributed by atoms with Crippen molar-refractivity contribution in [3.05, 3.63) is 47.4 Å². The van der Waals surface area contributed by atoms with Crippen LogP contribution in [0.5, 0.6) is 0 Å². The van der Waals surface area contributed by atoms with Crippen LogP contribution in [-0.2, 0) is 27.2 Å². The number of hydrogen-bond acceptors (Lipinski definition) is 3. The van der Waals surface area contributed by atoms with Gasteiger partial charge in [-0.15, -0.1) is 0 Å². The van der Waals surface area contributed by atoms with Crippen molar-refractivity contribution in [2.75, 3.05) is 19.8 Å². The average molecular weight is 245 g/mol. The van der Waals surface area contributed by atoms with Gasteiger partial charge in [0.15, 0.2) is 0 Å². The maximum Gasteiger partial charge on any atom is 0.292 e. The van der Waals surface area contributed by atoms with Gasteiger partial charge >= 0.3 is 0 Å². The maximum atomic E-state index is 12.2. The highest BCUT2D eigenvalue weighted by atomic mass is 16.6. The molecule has 3 rings (SSSR count). The van der Waals surface area contributed by atoms with Crippen molar-refractivity contribution in [1.29, 1.82) is 0 Å². The highest BCUT2D eigenvalue weighted by Crippen LogP contribution is 2.20. The van der Waals surface area contributed by atoms with Gasteiger partial charge in [0.1, 0.15) is 19.5 Å². The van der Waals surface area contributed by atoms with Gasteiger partial charge < -0.3 is 14.4 Å². The van der Waals surface area contributed by atoms with Gasteiger partial charge in [-0.25, -0.2) is 0 Å². The second-order valence-electron chi connectivity index (χ2n) is 4.45. The Hall–Kier alpha value is -1.97. The van der Waals surface area contributed by atoms with E-state index in [9.17, 15) is 4.79 Å². The third-order valence-electron chi connectivity index (χ3n) is 3.28. The highest BCUT2D eigenvalue weighted by molar-refractivity contribution is 5.91. The molecule has 1 amide bonds. The predicted molar refractivity (Wildman–Crippen MR) is 65.6 cm³/mol. The van der Waals surface area contributed by atoms with Crippen LogP contribution in [0.1, 0.15) is 11.1 Å². The summed E-state index contributed by atoms with van der Waals surface area (Å²) in [7, 11) is 0. The van der Waals surface area contributed by atoms with Gasteiger partial charge in [-0.05, 0) is 17.5 Å². The molecule has 0 aliphatic carbocycles. The van der Waals surface area contributed by atoms with E-state index in [0.717, 1.165) is 13.0 Å². The van der Waals surface area contributed by atoms with Gasteiger partial charge in [0.2, 0.25) is 5.76 Å². The molecule has 2 aliphatic heterocycles. The predicted octanol–water partition coefficient (Wildman–Crippen LogP) is 1.46. The van der Waals surface area contributed by atoms with E-state index in [4.69, 9.17) is 9.47 Å². The minimum Gasteiger partial charge on any atom is -0.494 e. The van der Waals surface area contributed by atoms with Gasteiger partial charge in [-0.1, -0.05) is 24.3 Å². The molecule has 0 radical (unpaired) electrons. The number of benzene rings is 1. The van der Waals surface area contributed by atoms with Crippen molar-refractivity contribution in [3.63, 3.8) is 0 Å². The van der Waals surface area contributed by atoms with Crippen LogP contribution in [0.15, 0.2) is 36.3 Å². The molecule has 4 heteroatoms. The number of carbonyl (C=O) groups excluding carboxylic acids is 1. The summed E-state index contributed by atoms with van der Waals surface area (Å²) in [6, 6.07) is 8.24. The molecule has 1 aromatic carbocycles. The van der Waals surface area contributed by atoms with Crippen molar-refractivity contribution in [3.8, 4) is 0 Å². The van der Waals surface area contributed by atoms with Gasteiger partial charge in [-0.2, -0.15) is 0 Å². The minimum absolute atomic E-state index is 0.0794. The third-order valence-corrected chi connectivity index (χ3v) is 3.28. The lowest BCUT2D eigenvalue weighted by Crippen LogP contribution is -2.38. The topological polar surface area (TPSA) is 38.8 Å². The lowest BCUT2D eigenvalue weighted by atomic mass is 10.00. The number of carbonyl (C=O) groups is 1. The molecule has 0 N–H and O–H groups in total. The Labute approximate surface area is 106 Å². The van der Waals surface area contributed by atoms with Crippen LogP contribution < -0.4 is 0 Å². The number of ether oxygens (including phenoxy) is 2. The average Bonchev–Trinajstić information content (AvgIpc) is 2.47. The van der Waals surface area contributed by atoms with E-state index in [1.807, 2.05) is 17.0 Å². The first-order valence-electron chi connectivity index (χ1n) is 6.15. The fraction of sp³-hybridized carbons (Fsp3) is 0.357. The molecule has 0 unspecified atom stereocenters. The Morgan fingerprint density at radius 1 is 1.17 bits per heavy atom. The van der Waals surface area contributed by atoms with E-state index in [2.05, 4.69) is 12.1 Å². The van der Waals surface area contributed by atoms with Gasteiger partial charge in [0.25, 0.3) is 5.91 Å². The summed E-state index contributed by atoms with van der Waals surface area (Å²) in [6.45, 7) is 2.34. The number of hydrogen-bond donors (Lipinski definition) is 0. The van der Waals surface area contributed by atoms with Crippen LogP contribution in [0.2, 0.25) is 0 Å². The minimum atomic E-state index is -0.0794. The van der Waals surface area contributed by atoms with Crippen molar-refractivity contribution >= 4 is 5.91 Å². The fourth-order valence-electron chi connectivity index (χ4n) is 2.31. The van der Waals surface area contributed by atoms with Crippen molar-refractivity contribution < 1.29 is 14.3 Å². The lowest BCUT2D eigenvalue weighted by Gasteiger charge is -2.29. The summed E-state index contributed by atoms with van der Waals surface area (Å²) in [6.07, 6.45) is 2.32. The Morgan fingerprint density at radius 2 is 2.00 bits per heavy atom. The molecule has 94 valence electrons. The molecule has 0 aromatic heterocycles. The summed E-state index contributed by atoms with van der Waals surface area (Å²) in [5.74, 6) is 0.241. The molecule has 2 heterocycles. The van der Waals surface area contributed by atoms with Crippen molar-refractivity contribution in [2.45, 2.75) is 13.0 Å². The molecule has 18 heavy (non-hydrogen) atoms. The zero-order valence-electron chi connectivity index (χ0n) is 10.1. The van der Waals surface area contributed by atoms with Crippen LogP contribution in [-0.4, -0.2) is 30.6 Å². The van der Waals surface area contributed by atoms with Crippen LogP contribution in [0.25, 0.3) is 0 Å². The van der Waals surface area contributed by atoms with E-state index >= 15 is 0 Å². The molecule has 0 bridgehead atoms. The molecule has 0 fully saturated rings. The quantitative estimate of drug-likeness (QED) is 0.752. The lowest BCUT2D eigenvalue weighted by molar-refractivity contribution is -0.133. The van der Waals surface area contributed by atoms with Gasteiger partial charge in [0, 0.05) is 13.1 Å². The second kappa shape index (κ2) is 4.72. The van der Waals surface area contributed by atoms with E-state index in [1.165, 1.54) is 17.4 Å². The Kier molecular flexibility index (Phi) is 2.92. The van der Waals surface area contributed by atoms with Crippen molar-refractivity contribution in [1.82, 2.24) is 4.90 Å². The van der Waals surface area contributed by atoms with E-state index < -0.39 is 0 Å². The van der Waals surface area contributed by atoms with Crippen LogP contribution >= 0.6 is 0 Å². The molecule has 2 aliphatic rings. The molecule has 1 aromatic rings. The second-order valence-corrected chi connectivity index (χ2v) is 4.45. The summed E-state index contributed by atoms with van der Waals surface area (Å²) in [5, 5.41) is 0. The standard InChI is InChI=1S/C14H15NO3/c16-14(13-10-17-7-8-18-13)15-6-5-11-3-1-2-4-12(11)9-15/h1-4,10H,5-9H2. The first kappa shape index (κ1) is 11.1. The number of rotatable bonds is 1. The molecule has 4 nitrogen and oxygen atoms in total. The fourth-order valence-corrected chi connectivity index (χ4v) is 2.31.